The molecule has 0 spiro atoms. The highest BCUT2D eigenvalue weighted by Crippen LogP contribution is 2.14. The second-order valence-electron chi connectivity index (χ2n) is 3.62. The molecule has 5 heteroatoms. The van der Waals surface area contributed by atoms with Crippen molar-refractivity contribution in [3.05, 3.63) is 22.8 Å². The van der Waals surface area contributed by atoms with Gasteiger partial charge < -0.3 is 5.11 Å². The van der Waals surface area contributed by atoms with Gasteiger partial charge in [0, 0.05) is 17.8 Å². The first kappa shape index (κ1) is 13.0. The van der Waals surface area contributed by atoms with Crippen LogP contribution in [0.1, 0.15) is 29.2 Å². The summed E-state index contributed by atoms with van der Waals surface area (Å²) in [6.45, 7) is 3.82. The van der Waals surface area contributed by atoms with E-state index in [0.29, 0.717) is 6.42 Å². The van der Waals surface area contributed by atoms with Crippen LogP contribution >= 0.6 is 11.8 Å². The molecule has 1 aromatic rings. The van der Waals surface area contributed by atoms with Crippen LogP contribution < -0.4 is 0 Å². The van der Waals surface area contributed by atoms with Gasteiger partial charge in [-0.2, -0.15) is 11.8 Å². The molecule has 1 heterocycles. The second-order valence-corrected chi connectivity index (χ2v) is 4.48. The number of hydrogen-bond donors (Lipinski definition) is 1. The van der Waals surface area contributed by atoms with Crippen molar-refractivity contribution in [1.82, 2.24) is 9.97 Å². The first-order valence-electron chi connectivity index (χ1n) is 5.08. The van der Waals surface area contributed by atoms with Gasteiger partial charge in [-0.15, -0.1) is 0 Å². The molecule has 0 amide bonds. The number of hydrogen-bond acceptors (Lipinski definition) is 4. The molecule has 0 aliphatic carbocycles. The van der Waals surface area contributed by atoms with Crippen LogP contribution in [0.15, 0.2) is 0 Å². The van der Waals surface area contributed by atoms with Crippen LogP contribution in [0, 0.1) is 13.8 Å². The number of carboxylic acid groups (broad SMARTS) is 1. The molecule has 1 N–H and O–H groups in total. The van der Waals surface area contributed by atoms with Crippen LogP contribution in [0.5, 0.6) is 0 Å². The number of aliphatic carboxylic acids is 1. The average molecular weight is 240 g/mol. The third-order valence-electron chi connectivity index (χ3n) is 2.33. The Balaban J connectivity index is 2.89. The molecule has 0 fully saturated rings. The van der Waals surface area contributed by atoms with E-state index >= 15 is 0 Å². The predicted octanol–water partition coefficient (Wildman–Crippen LogP) is 1.97. The highest BCUT2D eigenvalue weighted by atomic mass is 32.2. The summed E-state index contributed by atoms with van der Waals surface area (Å²) in [5.74, 6) is 0.828. The summed E-state index contributed by atoms with van der Waals surface area (Å²) in [6.07, 6.45) is 2.64. The fraction of sp³-hybridized carbons (Fsp3) is 0.545. The standard InChI is InChI=1S/C11H16N2O2S/c1-7-9(4-5-11(14)15)8(2)13-10(12-7)6-16-3/h4-6H2,1-3H3,(H,14,15). The second kappa shape index (κ2) is 5.84. The van der Waals surface area contributed by atoms with E-state index < -0.39 is 5.97 Å². The van der Waals surface area contributed by atoms with Gasteiger partial charge in [0.1, 0.15) is 5.82 Å². The number of carboxylic acids is 1. The van der Waals surface area contributed by atoms with E-state index in [2.05, 4.69) is 9.97 Å². The molecule has 0 saturated heterocycles. The smallest absolute Gasteiger partial charge is 0.303 e. The molecule has 0 atom stereocenters. The minimum atomic E-state index is -0.785. The first-order chi connectivity index (χ1) is 7.54. The Hall–Kier alpha value is -1.10. The zero-order valence-electron chi connectivity index (χ0n) is 9.78. The Morgan fingerprint density at radius 1 is 1.31 bits per heavy atom. The summed E-state index contributed by atoms with van der Waals surface area (Å²) in [7, 11) is 0. The van der Waals surface area contributed by atoms with Crippen LogP contribution in [0.3, 0.4) is 0 Å². The molecule has 0 aliphatic rings. The predicted molar refractivity (Wildman–Crippen MR) is 64.7 cm³/mol. The van der Waals surface area contributed by atoms with E-state index in [4.69, 9.17) is 5.11 Å². The van der Waals surface area contributed by atoms with E-state index in [9.17, 15) is 4.79 Å². The molecule has 4 nitrogen and oxygen atoms in total. The van der Waals surface area contributed by atoms with Crippen molar-refractivity contribution in [2.24, 2.45) is 0 Å². The van der Waals surface area contributed by atoms with E-state index in [1.165, 1.54) is 0 Å². The fourth-order valence-corrected chi connectivity index (χ4v) is 1.98. The van der Waals surface area contributed by atoms with Gasteiger partial charge in [0.05, 0.1) is 5.75 Å². The van der Waals surface area contributed by atoms with Crippen LogP contribution in [0.2, 0.25) is 0 Å². The minimum Gasteiger partial charge on any atom is -0.481 e. The lowest BCUT2D eigenvalue weighted by atomic mass is 10.1. The highest BCUT2D eigenvalue weighted by Gasteiger charge is 2.09. The molecule has 0 bridgehead atoms. The summed E-state index contributed by atoms with van der Waals surface area (Å²) < 4.78 is 0. The van der Waals surface area contributed by atoms with Gasteiger partial charge >= 0.3 is 5.97 Å². The molecule has 16 heavy (non-hydrogen) atoms. The number of nitrogens with zero attached hydrogens (tertiary/aromatic N) is 2. The Morgan fingerprint density at radius 3 is 2.31 bits per heavy atom. The van der Waals surface area contributed by atoms with E-state index in [-0.39, 0.29) is 6.42 Å². The first-order valence-corrected chi connectivity index (χ1v) is 6.47. The van der Waals surface area contributed by atoms with Crippen molar-refractivity contribution < 1.29 is 9.90 Å². The quantitative estimate of drug-likeness (QED) is 0.852. The third-order valence-corrected chi connectivity index (χ3v) is 2.88. The molecule has 1 rings (SSSR count). The topological polar surface area (TPSA) is 63.1 Å². The van der Waals surface area contributed by atoms with Crippen molar-refractivity contribution in [3.63, 3.8) is 0 Å². The van der Waals surface area contributed by atoms with Crippen molar-refractivity contribution in [1.29, 1.82) is 0 Å². The summed E-state index contributed by atoms with van der Waals surface area (Å²) >= 11 is 1.68. The number of thioether (sulfide) groups is 1. The lowest BCUT2D eigenvalue weighted by Crippen LogP contribution is -2.07. The lowest BCUT2D eigenvalue weighted by molar-refractivity contribution is -0.136. The van der Waals surface area contributed by atoms with Crippen LogP contribution in [0.25, 0.3) is 0 Å². The minimum absolute atomic E-state index is 0.132. The maximum atomic E-state index is 10.5. The summed E-state index contributed by atoms with van der Waals surface area (Å²) in [5, 5.41) is 8.65. The van der Waals surface area contributed by atoms with Gasteiger partial charge in [0.2, 0.25) is 0 Å². The number of carbonyl (C=O) groups is 1. The van der Waals surface area contributed by atoms with Gasteiger partial charge in [0.25, 0.3) is 0 Å². The van der Waals surface area contributed by atoms with Crippen LogP contribution in [-0.4, -0.2) is 27.3 Å². The molecular formula is C11H16N2O2S. The Labute approximate surface area is 99.5 Å². The molecule has 0 unspecified atom stereocenters. The molecule has 0 aromatic carbocycles. The van der Waals surface area contributed by atoms with Gasteiger partial charge in [0.15, 0.2) is 0 Å². The Kier molecular flexibility index (Phi) is 4.73. The fourth-order valence-electron chi connectivity index (χ4n) is 1.60. The van der Waals surface area contributed by atoms with Gasteiger partial charge in [-0.3, -0.25) is 4.79 Å². The molecule has 0 aliphatic heterocycles. The third kappa shape index (κ3) is 3.48. The van der Waals surface area contributed by atoms with Gasteiger partial charge in [-0.1, -0.05) is 0 Å². The molecular weight excluding hydrogens is 224 g/mol. The number of aryl methyl sites for hydroxylation is 2. The van der Waals surface area contributed by atoms with E-state index in [0.717, 1.165) is 28.5 Å². The van der Waals surface area contributed by atoms with Gasteiger partial charge in [-0.25, -0.2) is 9.97 Å². The largest absolute Gasteiger partial charge is 0.481 e. The Morgan fingerprint density at radius 2 is 1.88 bits per heavy atom. The van der Waals surface area contributed by atoms with Crippen molar-refractivity contribution in [2.45, 2.75) is 32.4 Å². The molecule has 0 saturated carbocycles. The average Bonchev–Trinajstić information content (AvgIpc) is 2.16. The molecule has 1 aromatic heterocycles. The highest BCUT2D eigenvalue weighted by molar-refractivity contribution is 7.97. The Bertz CT molecular complexity index is 371. The number of aromatic nitrogens is 2. The van der Waals surface area contributed by atoms with Crippen LogP contribution in [0.4, 0.5) is 0 Å². The zero-order valence-corrected chi connectivity index (χ0v) is 10.6. The summed E-state index contributed by atoms with van der Waals surface area (Å²) in [5.41, 5.74) is 2.77. The SMILES string of the molecule is CSCc1nc(C)c(CCC(=O)O)c(C)n1. The van der Waals surface area contributed by atoms with Crippen molar-refractivity contribution in [3.8, 4) is 0 Å². The summed E-state index contributed by atoms with van der Waals surface area (Å²) in [6, 6.07) is 0. The normalized spacial score (nSPS) is 10.4. The maximum absolute atomic E-state index is 10.5. The molecule has 0 radical (unpaired) electrons. The van der Waals surface area contributed by atoms with Crippen molar-refractivity contribution >= 4 is 17.7 Å². The molecule has 88 valence electrons. The summed E-state index contributed by atoms with van der Waals surface area (Å²) in [4.78, 5) is 19.3. The zero-order chi connectivity index (χ0) is 12.1. The van der Waals surface area contributed by atoms with Crippen LogP contribution in [-0.2, 0) is 17.0 Å². The van der Waals surface area contributed by atoms with Crippen molar-refractivity contribution in [2.75, 3.05) is 6.26 Å². The monoisotopic (exact) mass is 240 g/mol. The van der Waals surface area contributed by atoms with Gasteiger partial charge in [-0.05, 0) is 32.1 Å². The maximum Gasteiger partial charge on any atom is 0.303 e. The van der Waals surface area contributed by atoms with E-state index in [1.54, 1.807) is 11.8 Å². The lowest BCUT2D eigenvalue weighted by Gasteiger charge is -2.09. The van der Waals surface area contributed by atoms with E-state index in [1.807, 2.05) is 20.1 Å². The number of rotatable bonds is 5.